The van der Waals surface area contributed by atoms with Crippen LogP contribution in [0.1, 0.15) is 16.8 Å². The topological polar surface area (TPSA) is 67.2 Å². The fourth-order valence-corrected chi connectivity index (χ4v) is 2.14. The summed E-state index contributed by atoms with van der Waals surface area (Å²) in [6.45, 7) is 1.04. The number of hydrogen-bond donors (Lipinski definition) is 2. The first-order valence-electron chi connectivity index (χ1n) is 6.91. The molecule has 0 spiro atoms. The number of benzene rings is 1. The van der Waals surface area contributed by atoms with Crippen molar-refractivity contribution in [2.45, 2.75) is 26.1 Å². The molecule has 1 aromatic carbocycles. The SMILES string of the molecule is Cc1ccccc1NC(=O)Cn1cc(CCO)c(C(F)(F)F)n1. The van der Waals surface area contributed by atoms with E-state index in [4.69, 9.17) is 5.11 Å². The van der Waals surface area contributed by atoms with E-state index in [0.717, 1.165) is 16.4 Å². The second-order valence-electron chi connectivity index (χ2n) is 5.03. The van der Waals surface area contributed by atoms with Gasteiger partial charge in [0.15, 0.2) is 5.69 Å². The summed E-state index contributed by atoms with van der Waals surface area (Å²) in [7, 11) is 0. The predicted molar refractivity (Wildman–Crippen MR) is 77.8 cm³/mol. The van der Waals surface area contributed by atoms with Crippen molar-refractivity contribution in [3.8, 4) is 0 Å². The number of para-hydroxylation sites is 1. The molecule has 2 rings (SSSR count). The Morgan fingerprint density at radius 3 is 2.65 bits per heavy atom. The molecule has 8 heteroatoms. The van der Waals surface area contributed by atoms with Crippen LogP contribution in [0.25, 0.3) is 0 Å². The molecule has 0 aliphatic carbocycles. The van der Waals surface area contributed by atoms with Crippen LogP contribution >= 0.6 is 0 Å². The smallest absolute Gasteiger partial charge is 0.396 e. The Morgan fingerprint density at radius 1 is 1.35 bits per heavy atom. The third-order valence-electron chi connectivity index (χ3n) is 3.21. The fraction of sp³-hybridized carbons (Fsp3) is 0.333. The fourth-order valence-electron chi connectivity index (χ4n) is 2.14. The molecule has 2 aromatic rings. The number of halogens is 3. The predicted octanol–water partition coefficient (Wildman–Crippen LogP) is 2.38. The molecule has 124 valence electrons. The normalized spacial score (nSPS) is 11.5. The zero-order valence-electron chi connectivity index (χ0n) is 12.4. The van der Waals surface area contributed by atoms with Crippen molar-refractivity contribution in [2.75, 3.05) is 11.9 Å². The standard InChI is InChI=1S/C15H16F3N3O2/c1-10-4-2-3-5-12(10)19-13(23)9-21-8-11(6-7-22)14(20-21)15(16,17)18/h2-5,8,22H,6-7,9H2,1H3,(H,19,23). The third kappa shape index (κ3) is 4.32. The molecule has 0 radical (unpaired) electrons. The molecule has 0 atom stereocenters. The molecule has 0 bridgehead atoms. The van der Waals surface area contributed by atoms with Crippen LogP contribution in [0.5, 0.6) is 0 Å². The van der Waals surface area contributed by atoms with E-state index < -0.39 is 24.4 Å². The van der Waals surface area contributed by atoms with Gasteiger partial charge in [0.25, 0.3) is 0 Å². The summed E-state index contributed by atoms with van der Waals surface area (Å²) in [4.78, 5) is 12.0. The second kappa shape index (κ2) is 6.82. The lowest BCUT2D eigenvalue weighted by Crippen LogP contribution is -2.20. The molecular weight excluding hydrogens is 311 g/mol. The Balaban J connectivity index is 2.13. The van der Waals surface area contributed by atoms with Crippen molar-refractivity contribution in [1.29, 1.82) is 0 Å². The van der Waals surface area contributed by atoms with Gasteiger partial charge in [-0.1, -0.05) is 18.2 Å². The van der Waals surface area contributed by atoms with Crippen LogP contribution in [0, 0.1) is 6.92 Å². The summed E-state index contributed by atoms with van der Waals surface area (Å²) in [5, 5.41) is 14.9. The van der Waals surface area contributed by atoms with Crippen LogP contribution in [0.2, 0.25) is 0 Å². The summed E-state index contributed by atoms with van der Waals surface area (Å²) in [5.74, 6) is -0.480. The van der Waals surface area contributed by atoms with Crippen LogP contribution in [0.4, 0.5) is 18.9 Å². The molecule has 1 amide bonds. The van der Waals surface area contributed by atoms with Crippen LogP contribution in [-0.4, -0.2) is 27.4 Å². The van der Waals surface area contributed by atoms with Gasteiger partial charge in [0.05, 0.1) is 0 Å². The molecule has 0 saturated carbocycles. The maximum absolute atomic E-state index is 12.9. The summed E-state index contributed by atoms with van der Waals surface area (Å²) in [6.07, 6.45) is -3.66. The second-order valence-corrected chi connectivity index (χ2v) is 5.03. The lowest BCUT2D eigenvalue weighted by atomic mass is 10.2. The highest BCUT2D eigenvalue weighted by Gasteiger charge is 2.37. The van der Waals surface area contributed by atoms with E-state index >= 15 is 0 Å². The number of alkyl halides is 3. The van der Waals surface area contributed by atoms with Crippen molar-refractivity contribution in [3.63, 3.8) is 0 Å². The Kier molecular flexibility index (Phi) is 5.05. The molecule has 5 nitrogen and oxygen atoms in total. The summed E-state index contributed by atoms with van der Waals surface area (Å²) in [6, 6.07) is 7.08. The number of aromatic nitrogens is 2. The van der Waals surface area contributed by atoms with E-state index in [9.17, 15) is 18.0 Å². The van der Waals surface area contributed by atoms with Crippen LogP contribution in [0.15, 0.2) is 30.5 Å². The Labute approximate surface area is 130 Å². The maximum atomic E-state index is 12.9. The first-order valence-corrected chi connectivity index (χ1v) is 6.91. The molecule has 0 fully saturated rings. The highest BCUT2D eigenvalue weighted by atomic mass is 19.4. The Morgan fingerprint density at radius 2 is 2.04 bits per heavy atom. The lowest BCUT2D eigenvalue weighted by molar-refractivity contribution is -0.142. The lowest BCUT2D eigenvalue weighted by Gasteiger charge is -2.08. The maximum Gasteiger partial charge on any atom is 0.435 e. The number of hydrogen-bond acceptors (Lipinski definition) is 3. The van der Waals surface area contributed by atoms with Gasteiger partial charge in [-0.3, -0.25) is 9.48 Å². The third-order valence-corrected chi connectivity index (χ3v) is 3.21. The first kappa shape index (κ1) is 17.0. The monoisotopic (exact) mass is 327 g/mol. The summed E-state index contributed by atoms with van der Waals surface area (Å²) in [5.41, 5.74) is 0.230. The van der Waals surface area contributed by atoms with E-state index in [2.05, 4.69) is 10.4 Å². The molecule has 1 heterocycles. The molecule has 0 unspecified atom stereocenters. The van der Waals surface area contributed by atoms with E-state index in [1.807, 2.05) is 19.1 Å². The van der Waals surface area contributed by atoms with E-state index in [-0.39, 0.29) is 18.5 Å². The van der Waals surface area contributed by atoms with Gasteiger partial charge in [-0.25, -0.2) is 0 Å². The number of aryl methyl sites for hydroxylation is 1. The average molecular weight is 327 g/mol. The zero-order chi connectivity index (χ0) is 17.0. The number of amides is 1. The number of carbonyl (C=O) groups excluding carboxylic acids is 1. The number of anilines is 1. The van der Waals surface area contributed by atoms with Gasteiger partial charge >= 0.3 is 6.18 Å². The molecule has 0 aliphatic heterocycles. The Bertz CT molecular complexity index is 696. The number of aliphatic hydroxyl groups excluding tert-OH is 1. The number of nitrogens with zero attached hydrogens (tertiary/aromatic N) is 2. The molecule has 1 aromatic heterocycles. The minimum Gasteiger partial charge on any atom is -0.396 e. The van der Waals surface area contributed by atoms with Gasteiger partial charge in [-0.15, -0.1) is 0 Å². The largest absolute Gasteiger partial charge is 0.435 e. The van der Waals surface area contributed by atoms with E-state index in [0.29, 0.717) is 5.69 Å². The van der Waals surface area contributed by atoms with E-state index in [1.54, 1.807) is 12.1 Å². The van der Waals surface area contributed by atoms with Gasteiger partial charge in [-0.2, -0.15) is 18.3 Å². The van der Waals surface area contributed by atoms with Crippen LogP contribution in [0.3, 0.4) is 0 Å². The average Bonchev–Trinajstić information content (AvgIpc) is 2.84. The quantitative estimate of drug-likeness (QED) is 0.886. The van der Waals surface area contributed by atoms with Crippen molar-refractivity contribution >= 4 is 11.6 Å². The van der Waals surface area contributed by atoms with Crippen molar-refractivity contribution < 1.29 is 23.1 Å². The van der Waals surface area contributed by atoms with Crippen LogP contribution < -0.4 is 5.32 Å². The van der Waals surface area contributed by atoms with Gasteiger partial charge in [0.1, 0.15) is 6.54 Å². The molecule has 0 saturated heterocycles. The van der Waals surface area contributed by atoms with Crippen LogP contribution in [-0.2, 0) is 23.9 Å². The number of carbonyl (C=O) groups is 1. The molecule has 23 heavy (non-hydrogen) atoms. The van der Waals surface area contributed by atoms with Gasteiger partial charge in [-0.05, 0) is 25.0 Å². The Hall–Kier alpha value is -2.35. The van der Waals surface area contributed by atoms with Crippen molar-refractivity contribution in [3.05, 3.63) is 47.3 Å². The number of nitrogens with one attached hydrogen (secondary N) is 1. The van der Waals surface area contributed by atoms with Gasteiger partial charge in [0, 0.05) is 24.1 Å². The summed E-state index contributed by atoms with van der Waals surface area (Å²) >= 11 is 0. The highest BCUT2D eigenvalue weighted by Crippen LogP contribution is 2.30. The highest BCUT2D eigenvalue weighted by molar-refractivity contribution is 5.91. The zero-order valence-corrected chi connectivity index (χ0v) is 12.4. The number of rotatable bonds is 5. The molecule has 2 N–H and O–H groups in total. The minimum absolute atomic E-state index is 0.135. The van der Waals surface area contributed by atoms with Gasteiger partial charge < -0.3 is 10.4 Å². The first-order chi connectivity index (χ1) is 10.8. The summed E-state index contributed by atoms with van der Waals surface area (Å²) < 4.78 is 39.5. The van der Waals surface area contributed by atoms with E-state index in [1.165, 1.54) is 0 Å². The van der Waals surface area contributed by atoms with Crippen molar-refractivity contribution in [2.24, 2.45) is 0 Å². The van der Waals surface area contributed by atoms with Crippen molar-refractivity contribution in [1.82, 2.24) is 9.78 Å². The molecular formula is C15H16F3N3O2. The molecule has 0 aliphatic rings. The van der Waals surface area contributed by atoms with Gasteiger partial charge in [0.2, 0.25) is 5.91 Å². The number of aliphatic hydroxyl groups is 1. The minimum atomic E-state index is -4.62.